The highest BCUT2D eigenvalue weighted by Crippen LogP contribution is 2.41. The van der Waals surface area contributed by atoms with Crippen LogP contribution in [-0.2, 0) is 4.79 Å². The zero-order chi connectivity index (χ0) is 10.1. The van der Waals surface area contributed by atoms with Crippen LogP contribution in [0, 0.1) is 17.3 Å². The Morgan fingerprint density at radius 1 is 1.23 bits per heavy atom. The predicted octanol–water partition coefficient (Wildman–Crippen LogP) is 2.32. The van der Waals surface area contributed by atoms with Crippen molar-refractivity contribution in [1.82, 2.24) is 0 Å². The fraction of sp³-hybridized carbons (Fsp3) is 0.909. The Morgan fingerprint density at radius 2 is 1.77 bits per heavy atom. The molecule has 1 fully saturated rings. The molecular weight excluding hydrogens is 162 g/mol. The largest absolute Gasteiger partial charge is 0.369 e. The summed E-state index contributed by atoms with van der Waals surface area (Å²) in [5, 5.41) is 0. The van der Waals surface area contributed by atoms with Gasteiger partial charge < -0.3 is 5.73 Å². The smallest absolute Gasteiger partial charge is 0.220 e. The molecule has 13 heavy (non-hydrogen) atoms. The summed E-state index contributed by atoms with van der Waals surface area (Å²) < 4.78 is 0. The first kappa shape index (κ1) is 10.6. The number of rotatable bonds is 1. The van der Waals surface area contributed by atoms with E-state index in [9.17, 15) is 4.79 Å². The van der Waals surface area contributed by atoms with Gasteiger partial charge in [-0.25, -0.2) is 0 Å². The van der Waals surface area contributed by atoms with Gasteiger partial charge in [-0.1, -0.05) is 33.6 Å². The Morgan fingerprint density at radius 3 is 2.15 bits per heavy atom. The molecule has 1 rings (SSSR count). The average Bonchev–Trinajstić information content (AvgIpc) is 2.03. The van der Waals surface area contributed by atoms with Gasteiger partial charge in [-0.2, -0.15) is 0 Å². The van der Waals surface area contributed by atoms with Crippen molar-refractivity contribution in [2.45, 2.75) is 46.5 Å². The molecule has 1 saturated carbocycles. The Kier molecular flexibility index (Phi) is 2.99. The molecule has 1 amide bonds. The third-order valence-corrected chi connectivity index (χ3v) is 3.24. The van der Waals surface area contributed by atoms with Crippen molar-refractivity contribution in [2.24, 2.45) is 23.0 Å². The van der Waals surface area contributed by atoms with Gasteiger partial charge in [0.25, 0.3) is 0 Å². The minimum absolute atomic E-state index is 0.0976. The SMILES string of the molecule is CC(C)(C)C1CCCCC1C(N)=O. The minimum Gasteiger partial charge on any atom is -0.369 e. The molecule has 0 aromatic carbocycles. The van der Waals surface area contributed by atoms with E-state index in [-0.39, 0.29) is 17.2 Å². The maximum atomic E-state index is 11.2. The third kappa shape index (κ3) is 2.45. The lowest BCUT2D eigenvalue weighted by Crippen LogP contribution is -2.38. The molecule has 0 aromatic heterocycles. The first-order valence-corrected chi connectivity index (χ1v) is 5.22. The zero-order valence-corrected chi connectivity index (χ0v) is 8.97. The summed E-state index contributed by atoms with van der Waals surface area (Å²) in [6, 6.07) is 0. The highest BCUT2D eigenvalue weighted by molar-refractivity contribution is 5.77. The Labute approximate surface area is 80.9 Å². The predicted molar refractivity (Wildman–Crippen MR) is 54.1 cm³/mol. The van der Waals surface area contributed by atoms with E-state index in [0.29, 0.717) is 5.92 Å². The summed E-state index contributed by atoms with van der Waals surface area (Å²) in [7, 11) is 0. The van der Waals surface area contributed by atoms with E-state index in [4.69, 9.17) is 5.73 Å². The number of nitrogens with two attached hydrogens (primary N) is 1. The van der Waals surface area contributed by atoms with Crippen molar-refractivity contribution in [3.05, 3.63) is 0 Å². The topological polar surface area (TPSA) is 43.1 Å². The van der Waals surface area contributed by atoms with Crippen LogP contribution in [0.5, 0.6) is 0 Å². The molecular formula is C11H21NO. The molecule has 0 saturated heterocycles. The molecule has 0 aliphatic heterocycles. The van der Waals surface area contributed by atoms with E-state index < -0.39 is 0 Å². The first-order valence-electron chi connectivity index (χ1n) is 5.22. The summed E-state index contributed by atoms with van der Waals surface area (Å²) in [6.45, 7) is 6.62. The van der Waals surface area contributed by atoms with Gasteiger partial charge in [-0.05, 0) is 24.2 Å². The van der Waals surface area contributed by atoms with Crippen LogP contribution in [0.1, 0.15) is 46.5 Å². The van der Waals surface area contributed by atoms with Gasteiger partial charge in [-0.3, -0.25) is 4.79 Å². The minimum atomic E-state index is -0.0976. The molecule has 0 radical (unpaired) electrons. The zero-order valence-electron chi connectivity index (χ0n) is 8.97. The fourth-order valence-corrected chi connectivity index (χ4v) is 2.51. The summed E-state index contributed by atoms with van der Waals surface area (Å²) in [6.07, 6.45) is 4.58. The fourth-order valence-electron chi connectivity index (χ4n) is 2.51. The van der Waals surface area contributed by atoms with Gasteiger partial charge >= 0.3 is 0 Å². The maximum absolute atomic E-state index is 11.2. The summed E-state index contributed by atoms with van der Waals surface area (Å²) in [4.78, 5) is 11.2. The van der Waals surface area contributed by atoms with Crippen LogP contribution in [0.2, 0.25) is 0 Å². The van der Waals surface area contributed by atoms with E-state index in [0.717, 1.165) is 12.8 Å². The molecule has 76 valence electrons. The van der Waals surface area contributed by atoms with Gasteiger partial charge in [-0.15, -0.1) is 0 Å². The summed E-state index contributed by atoms with van der Waals surface area (Å²) >= 11 is 0. The molecule has 0 heterocycles. The Hall–Kier alpha value is -0.530. The maximum Gasteiger partial charge on any atom is 0.220 e. The van der Waals surface area contributed by atoms with Gasteiger partial charge in [0.1, 0.15) is 0 Å². The van der Waals surface area contributed by atoms with Crippen LogP contribution in [0.15, 0.2) is 0 Å². The second kappa shape index (κ2) is 3.69. The quantitative estimate of drug-likeness (QED) is 0.666. The highest BCUT2D eigenvalue weighted by atomic mass is 16.1. The van der Waals surface area contributed by atoms with Crippen LogP contribution in [-0.4, -0.2) is 5.91 Å². The van der Waals surface area contributed by atoms with E-state index in [1.165, 1.54) is 12.8 Å². The lowest BCUT2D eigenvalue weighted by atomic mass is 9.66. The molecule has 2 heteroatoms. The number of hydrogen-bond acceptors (Lipinski definition) is 1. The molecule has 0 spiro atoms. The van der Waals surface area contributed by atoms with Crippen molar-refractivity contribution >= 4 is 5.91 Å². The van der Waals surface area contributed by atoms with E-state index in [1.807, 2.05) is 0 Å². The molecule has 0 bridgehead atoms. The van der Waals surface area contributed by atoms with Gasteiger partial charge in [0, 0.05) is 5.92 Å². The van der Waals surface area contributed by atoms with E-state index in [2.05, 4.69) is 20.8 Å². The van der Waals surface area contributed by atoms with Crippen LogP contribution in [0.4, 0.5) is 0 Å². The van der Waals surface area contributed by atoms with Gasteiger partial charge in [0.05, 0.1) is 0 Å². The van der Waals surface area contributed by atoms with Crippen LogP contribution in [0.25, 0.3) is 0 Å². The lowest BCUT2D eigenvalue weighted by Gasteiger charge is -2.38. The molecule has 1 aliphatic carbocycles. The molecule has 0 aromatic rings. The second-order valence-electron chi connectivity index (χ2n) is 5.27. The van der Waals surface area contributed by atoms with Crippen LogP contribution < -0.4 is 5.73 Å². The van der Waals surface area contributed by atoms with E-state index in [1.54, 1.807) is 0 Å². The van der Waals surface area contributed by atoms with Crippen molar-refractivity contribution in [3.63, 3.8) is 0 Å². The van der Waals surface area contributed by atoms with Gasteiger partial charge in [0.2, 0.25) is 5.91 Å². The van der Waals surface area contributed by atoms with Crippen molar-refractivity contribution in [1.29, 1.82) is 0 Å². The Balaban J connectivity index is 2.73. The molecule has 2 atom stereocenters. The van der Waals surface area contributed by atoms with E-state index >= 15 is 0 Å². The average molecular weight is 183 g/mol. The molecule has 2 unspecified atom stereocenters. The van der Waals surface area contributed by atoms with Crippen LogP contribution in [0.3, 0.4) is 0 Å². The first-order chi connectivity index (χ1) is 5.93. The molecule has 2 N–H and O–H groups in total. The van der Waals surface area contributed by atoms with Gasteiger partial charge in [0.15, 0.2) is 0 Å². The third-order valence-electron chi connectivity index (χ3n) is 3.24. The number of carbonyl (C=O) groups is 1. The normalized spacial score (nSPS) is 30.1. The standard InChI is InChI=1S/C11H21NO/c1-11(2,3)9-7-5-4-6-8(9)10(12)13/h8-9H,4-7H2,1-3H3,(H2,12,13). The van der Waals surface area contributed by atoms with Crippen molar-refractivity contribution < 1.29 is 4.79 Å². The lowest BCUT2D eigenvalue weighted by molar-refractivity contribution is -0.126. The number of amides is 1. The summed E-state index contributed by atoms with van der Waals surface area (Å²) in [5.41, 5.74) is 5.64. The molecule has 1 aliphatic rings. The van der Waals surface area contributed by atoms with Crippen molar-refractivity contribution in [2.75, 3.05) is 0 Å². The highest BCUT2D eigenvalue weighted by Gasteiger charge is 2.36. The van der Waals surface area contributed by atoms with Crippen molar-refractivity contribution in [3.8, 4) is 0 Å². The van der Waals surface area contributed by atoms with Crippen LogP contribution >= 0.6 is 0 Å². The number of primary amides is 1. The second-order valence-corrected chi connectivity index (χ2v) is 5.27. The molecule has 2 nitrogen and oxygen atoms in total. The summed E-state index contributed by atoms with van der Waals surface area (Å²) in [5.74, 6) is 0.507. The number of carbonyl (C=O) groups excluding carboxylic acids is 1. The Bertz CT molecular complexity index is 193. The number of hydrogen-bond donors (Lipinski definition) is 1. The monoisotopic (exact) mass is 183 g/mol.